The third kappa shape index (κ3) is 4.32. The predicted octanol–water partition coefficient (Wildman–Crippen LogP) is 1.25. The van der Waals surface area contributed by atoms with E-state index in [1.165, 1.54) is 17.8 Å². The van der Waals surface area contributed by atoms with Crippen molar-refractivity contribution in [3.8, 4) is 0 Å². The number of amides is 3. The topological polar surface area (TPSA) is 92.8 Å². The van der Waals surface area contributed by atoms with Gasteiger partial charge >= 0.3 is 5.97 Å². The highest BCUT2D eigenvalue weighted by molar-refractivity contribution is 7.98. The molecule has 1 atom stereocenters. The number of carbonyl (C=O) groups excluding carboxylic acids is 4. The lowest BCUT2D eigenvalue weighted by molar-refractivity contribution is -0.152. The van der Waals surface area contributed by atoms with Gasteiger partial charge in [-0.2, -0.15) is 11.8 Å². The summed E-state index contributed by atoms with van der Waals surface area (Å²) in [6.45, 7) is 3.25. The number of hydrogen-bond acceptors (Lipinski definition) is 6. The first-order valence-electron chi connectivity index (χ1n) is 8.01. The Morgan fingerprint density at radius 1 is 1.27 bits per heavy atom. The fourth-order valence-electron chi connectivity index (χ4n) is 2.54. The van der Waals surface area contributed by atoms with Crippen molar-refractivity contribution in [1.29, 1.82) is 0 Å². The summed E-state index contributed by atoms with van der Waals surface area (Å²) in [5.74, 6) is -1.75. The molecule has 2 rings (SSSR count). The highest BCUT2D eigenvalue weighted by atomic mass is 32.2. The van der Waals surface area contributed by atoms with Crippen molar-refractivity contribution in [2.75, 3.05) is 25.2 Å². The number of nitrogens with zero attached hydrogens (tertiary/aromatic N) is 1. The van der Waals surface area contributed by atoms with E-state index in [0.29, 0.717) is 5.75 Å². The Hall–Kier alpha value is -2.61. The zero-order chi connectivity index (χ0) is 19.1. The molecule has 1 aromatic carbocycles. The van der Waals surface area contributed by atoms with Crippen molar-refractivity contribution >= 4 is 35.5 Å². The van der Waals surface area contributed by atoms with Crippen LogP contribution in [0.1, 0.15) is 27.1 Å². The largest absolute Gasteiger partial charge is 0.454 e. The summed E-state index contributed by atoms with van der Waals surface area (Å²) in [5.41, 5.74) is 0.534. The van der Waals surface area contributed by atoms with E-state index in [1.807, 2.05) is 6.26 Å². The van der Waals surface area contributed by atoms with Gasteiger partial charge in [-0.3, -0.25) is 19.3 Å². The number of nitrogens with one attached hydrogen (secondary N) is 1. The van der Waals surface area contributed by atoms with E-state index in [4.69, 9.17) is 4.74 Å². The van der Waals surface area contributed by atoms with E-state index in [2.05, 4.69) is 11.9 Å². The summed E-state index contributed by atoms with van der Waals surface area (Å²) in [5, 5.41) is 2.49. The smallest absolute Gasteiger partial charge is 0.329 e. The number of benzene rings is 1. The zero-order valence-corrected chi connectivity index (χ0v) is 15.2. The van der Waals surface area contributed by atoms with Crippen LogP contribution >= 0.6 is 11.8 Å². The third-order valence-corrected chi connectivity index (χ3v) is 4.44. The number of esters is 1. The second kappa shape index (κ2) is 9.19. The Bertz CT molecular complexity index is 699. The SMILES string of the molecule is C=CCNC(=O)COC(=O)[C@@H](CCSC)N1C(=O)c2ccccc2C1=O. The van der Waals surface area contributed by atoms with Crippen LogP contribution in [0.25, 0.3) is 0 Å². The van der Waals surface area contributed by atoms with Crippen LogP contribution in [0.4, 0.5) is 0 Å². The predicted molar refractivity (Wildman–Crippen MR) is 97.9 cm³/mol. The van der Waals surface area contributed by atoms with Crippen LogP contribution in [0.2, 0.25) is 0 Å². The molecule has 0 bridgehead atoms. The first-order valence-corrected chi connectivity index (χ1v) is 9.40. The Labute approximate surface area is 155 Å². The zero-order valence-electron chi connectivity index (χ0n) is 14.4. The van der Waals surface area contributed by atoms with E-state index in [1.54, 1.807) is 24.3 Å². The van der Waals surface area contributed by atoms with E-state index in [-0.39, 0.29) is 24.1 Å². The lowest BCUT2D eigenvalue weighted by Crippen LogP contribution is -2.46. The van der Waals surface area contributed by atoms with Crippen molar-refractivity contribution in [1.82, 2.24) is 10.2 Å². The number of carbonyl (C=O) groups is 4. The number of fused-ring (bicyclic) bond motifs is 1. The van der Waals surface area contributed by atoms with Gasteiger partial charge in [-0.1, -0.05) is 18.2 Å². The minimum atomic E-state index is -1.07. The second-order valence-electron chi connectivity index (χ2n) is 5.52. The molecule has 7 nitrogen and oxygen atoms in total. The van der Waals surface area contributed by atoms with E-state index < -0.39 is 36.3 Å². The number of ether oxygens (including phenoxy) is 1. The monoisotopic (exact) mass is 376 g/mol. The second-order valence-corrected chi connectivity index (χ2v) is 6.51. The molecule has 26 heavy (non-hydrogen) atoms. The van der Waals surface area contributed by atoms with Crippen molar-refractivity contribution < 1.29 is 23.9 Å². The lowest BCUT2D eigenvalue weighted by Gasteiger charge is -2.24. The molecule has 1 aliphatic rings. The normalized spacial score (nSPS) is 14.0. The molecule has 0 radical (unpaired) electrons. The Kier molecular flexibility index (Phi) is 6.97. The summed E-state index contributed by atoms with van der Waals surface area (Å²) in [6, 6.07) is 5.35. The molecule has 1 N–H and O–H groups in total. The van der Waals surface area contributed by atoms with Crippen molar-refractivity contribution in [3.05, 3.63) is 48.0 Å². The summed E-state index contributed by atoms with van der Waals surface area (Å²) in [6.07, 6.45) is 3.60. The minimum Gasteiger partial charge on any atom is -0.454 e. The van der Waals surface area contributed by atoms with Crippen LogP contribution in [-0.4, -0.2) is 59.8 Å². The van der Waals surface area contributed by atoms with Gasteiger partial charge in [-0.15, -0.1) is 6.58 Å². The lowest BCUT2D eigenvalue weighted by atomic mass is 10.1. The molecule has 1 aliphatic heterocycles. The molecule has 0 spiro atoms. The van der Waals surface area contributed by atoms with E-state index in [0.717, 1.165) is 4.90 Å². The molecular formula is C18H20N2O5S. The summed E-state index contributed by atoms with van der Waals surface area (Å²) in [4.78, 5) is 50.2. The van der Waals surface area contributed by atoms with Crippen LogP contribution in [0.15, 0.2) is 36.9 Å². The van der Waals surface area contributed by atoms with Crippen molar-refractivity contribution in [2.45, 2.75) is 12.5 Å². The van der Waals surface area contributed by atoms with Crippen LogP contribution < -0.4 is 5.32 Å². The maximum Gasteiger partial charge on any atom is 0.329 e. The van der Waals surface area contributed by atoms with Crippen molar-refractivity contribution in [2.24, 2.45) is 0 Å². The fraction of sp³-hybridized carbons (Fsp3) is 0.333. The van der Waals surface area contributed by atoms with Crippen molar-refractivity contribution in [3.63, 3.8) is 0 Å². The highest BCUT2D eigenvalue weighted by Crippen LogP contribution is 2.26. The number of thioether (sulfide) groups is 1. The maximum absolute atomic E-state index is 12.6. The molecule has 0 saturated heterocycles. The summed E-state index contributed by atoms with van der Waals surface area (Å²) < 4.78 is 5.03. The molecule has 138 valence electrons. The van der Waals surface area contributed by atoms with Crippen LogP contribution in [0.5, 0.6) is 0 Å². The summed E-state index contributed by atoms with van der Waals surface area (Å²) in [7, 11) is 0. The van der Waals surface area contributed by atoms with Gasteiger partial charge in [0.15, 0.2) is 6.61 Å². The molecule has 0 aromatic heterocycles. The summed E-state index contributed by atoms with van der Waals surface area (Å²) >= 11 is 1.48. The molecule has 0 unspecified atom stereocenters. The average molecular weight is 376 g/mol. The first-order chi connectivity index (χ1) is 12.5. The highest BCUT2D eigenvalue weighted by Gasteiger charge is 2.43. The quantitative estimate of drug-likeness (QED) is 0.396. The molecule has 3 amide bonds. The van der Waals surface area contributed by atoms with E-state index in [9.17, 15) is 19.2 Å². The fourth-order valence-corrected chi connectivity index (χ4v) is 3.00. The van der Waals surface area contributed by atoms with Gasteiger partial charge in [0.05, 0.1) is 11.1 Å². The molecule has 8 heteroatoms. The Balaban J connectivity index is 2.13. The number of rotatable bonds is 9. The van der Waals surface area contributed by atoms with Gasteiger partial charge in [0.2, 0.25) is 0 Å². The molecule has 1 heterocycles. The Morgan fingerprint density at radius 2 is 1.88 bits per heavy atom. The molecule has 0 fully saturated rings. The van der Waals surface area contributed by atoms with Gasteiger partial charge in [-0.25, -0.2) is 4.79 Å². The van der Waals surface area contributed by atoms with Gasteiger partial charge in [0, 0.05) is 6.54 Å². The molecular weight excluding hydrogens is 356 g/mol. The van der Waals surface area contributed by atoms with Gasteiger partial charge in [-0.05, 0) is 30.6 Å². The van der Waals surface area contributed by atoms with Gasteiger partial charge in [0.25, 0.3) is 17.7 Å². The van der Waals surface area contributed by atoms with Crippen LogP contribution in [0.3, 0.4) is 0 Å². The maximum atomic E-state index is 12.6. The number of hydrogen-bond donors (Lipinski definition) is 1. The van der Waals surface area contributed by atoms with Crippen LogP contribution in [-0.2, 0) is 14.3 Å². The Morgan fingerprint density at radius 3 is 2.42 bits per heavy atom. The molecule has 0 saturated carbocycles. The minimum absolute atomic E-state index is 0.250. The standard InChI is InChI=1S/C18H20N2O5S/c1-3-9-19-15(21)11-25-18(24)14(8-10-26-2)20-16(22)12-6-4-5-7-13(12)17(20)23/h3-7,14H,1,8-11H2,2H3,(H,19,21)/t14-/m1/s1. The average Bonchev–Trinajstić information content (AvgIpc) is 2.90. The van der Waals surface area contributed by atoms with Crippen LogP contribution in [0, 0.1) is 0 Å². The van der Waals surface area contributed by atoms with Gasteiger partial charge < -0.3 is 10.1 Å². The number of imide groups is 1. The van der Waals surface area contributed by atoms with E-state index >= 15 is 0 Å². The van der Waals surface area contributed by atoms with Gasteiger partial charge in [0.1, 0.15) is 6.04 Å². The first kappa shape index (κ1) is 19.7. The third-order valence-electron chi connectivity index (χ3n) is 3.79. The molecule has 0 aliphatic carbocycles. The molecule has 1 aromatic rings.